The highest BCUT2D eigenvalue weighted by molar-refractivity contribution is 8.02. The number of rotatable bonds is 8. The Labute approximate surface area is 218 Å². The maximum absolute atomic E-state index is 14.5. The predicted octanol–water partition coefficient (Wildman–Crippen LogP) is 3.43. The second-order valence-corrected chi connectivity index (χ2v) is 12.6. The van der Waals surface area contributed by atoms with Gasteiger partial charge in [-0.1, -0.05) is 43.3 Å². The van der Waals surface area contributed by atoms with Crippen molar-refractivity contribution in [3.8, 4) is 0 Å². The number of nitrogens with zero attached hydrogens (tertiary/aromatic N) is 2. The summed E-state index contributed by atoms with van der Waals surface area (Å²) < 4.78 is 4.65. The Bertz CT molecular complexity index is 1020. The molecule has 0 radical (unpaired) electrons. The van der Waals surface area contributed by atoms with E-state index >= 15 is 0 Å². The lowest BCUT2D eigenvalue weighted by molar-refractivity contribution is -0.154. The van der Waals surface area contributed by atoms with E-state index in [1.807, 2.05) is 51.1 Å². The minimum Gasteiger partial charge on any atom is -0.466 e. The molecule has 3 heterocycles. The Morgan fingerprint density at radius 1 is 1.33 bits per heavy atom. The van der Waals surface area contributed by atoms with Gasteiger partial charge in [0.05, 0.1) is 35.8 Å². The Balaban J connectivity index is 1.90. The molecule has 1 N–H and O–H groups in total. The fraction of sp³-hybridized carbons (Fsp3) is 0.607. The lowest BCUT2D eigenvalue weighted by atomic mass is 9.66. The second-order valence-electron chi connectivity index (χ2n) is 11.1. The number of benzene rings is 1. The van der Waals surface area contributed by atoms with Gasteiger partial charge in [0.15, 0.2) is 0 Å². The Kier molecular flexibility index (Phi) is 7.32. The van der Waals surface area contributed by atoms with Crippen molar-refractivity contribution >= 4 is 29.5 Å². The summed E-state index contributed by atoms with van der Waals surface area (Å²) in [6.45, 7) is 13.9. The van der Waals surface area contributed by atoms with Crippen LogP contribution >= 0.6 is 11.8 Å². The summed E-state index contributed by atoms with van der Waals surface area (Å²) >= 11 is 1.61. The SMILES string of the molecule is C=CCN(C(=O)C1N([C@H](CO)c2ccccc2)C(=O)[C@@H]2[C@@H](C(=O)OCC)[C@H]3CC(C)C12S3)C(C)(C)C. The number of hydrogen-bond acceptors (Lipinski definition) is 6. The number of hydrogen-bond donors (Lipinski definition) is 1. The van der Waals surface area contributed by atoms with Gasteiger partial charge >= 0.3 is 5.97 Å². The van der Waals surface area contributed by atoms with Crippen molar-refractivity contribution in [2.45, 2.75) is 68.7 Å². The minimum absolute atomic E-state index is 0.0340. The molecule has 4 rings (SSSR count). The van der Waals surface area contributed by atoms with E-state index in [4.69, 9.17) is 4.74 Å². The third-order valence-corrected chi connectivity index (χ3v) is 10.1. The summed E-state index contributed by atoms with van der Waals surface area (Å²) in [6.07, 6.45) is 2.44. The van der Waals surface area contributed by atoms with E-state index in [-0.39, 0.29) is 42.2 Å². The van der Waals surface area contributed by atoms with Crippen molar-refractivity contribution < 1.29 is 24.2 Å². The van der Waals surface area contributed by atoms with Crippen LogP contribution in [-0.2, 0) is 19.1 Å². The van der Waals surface area contributed by atoms with Crippen molar-refractivity contribution in [1.82, 2.24) is 9.80 Å². The van der Waals surface area contributed by atoms with E-state index < -0.39 is 34.2 Å². The van der Waals surface area contributed by atoms with Crippen molar-refractivity contribution in [2.75, 3.05) is 19.8 Å². The fourth-order valence-corrected chi connectivity index (χ4v) is 8.97. The summed E-state index contributed by atoms with van der Waals surface area (Å²) in [5.74, 6) is -2.02. The van der Waals surface area contributed by atoms with Crippen LogP contribution in [-0.4, -0.2) is 74.0 Å². The topological polar surface area (TPSA) is 87.2 Å². The zero-order valence-electron chi connectivity index (χ0n) is 21.8. The maximum atomic E-state index is 14.5. The number of carbonyl (C=O) groups excluding carboxylic acids is 3. The molecule has 36 heavy (non-hydrogen) atoms. The predicted molar refractivity (Wildman–Crippen MR) is 140 cm³/mol. The molecule has 7 atom stereocenters. The zero-order valence-corrected chi connectivity index (χ0v) is 22.7. The largest absolute Gasteiger partial charge is 0.466 e. The van der Waals surface area contributed by atoms with Gasteiger partial charge in [0.25, 0.3) is 0 Å². The minimum atomic E-state index is -0.823. The van der Waals surface area contributed by atoms with Crippen LogP contribution in [0.25, 0.3) is 0 Å². The third-order valence-electron chi connectivity index (χ3n) is 8.06. The number of fused-ring (bicyclic) bond motifs is 1. The monoisotopic (exact) mass is 514 g/mol. The van der Waals surface area contributed by atoms with E-state index in [1.54, 1.807) is 34.6 Å². The lowest BCUT2D eigenvalue weighted by Gasteiger charge is -2.45. The highest BCUT2D eigenvalue weighted by Gasteiger charge is 2.77. The van der Waals surface area contributed by atoms with Gasteiger partial charge in [-0.25, -0.2) is 0 Å². The lowest BCUT2D eigenvalue weighted by Crippen LogP contribution is -2.60. The van der Waals surface area contributed by atoms with Crippen molar-refractivity contribution in [3.05, 3.63) is 48.6 Å². The molecule has 3 fully saturated rings. The average Bonchev–Trinajstić information content (AvgIpc) is 3.42. The summed E-state index contributed by atoms with van der Waals surface area (Å²) in [5, 5.41) is 10.5. The van der Waals surface area contributed by atoms with E-state index in [2.05, 4.69) is 13.5 Å². The molecule has 2 amide bonds. The van der Waals surface area contributed by atoms with Gasteiger partial charge in [0.2, 0.25) is 11.8 Å². The molecule has 0 aliphatic carbocycles. The van der Waals surface area contributed by atoms with Crippen LogP contribution in [0.3, 0.4) is 0 Å². The molecule has 3 aliphatic rings. The van der Waals surface area contributed by atoms with E-state index in [1.165, 1.54) is 0 Å². The Hall–Kier alpha value is -2.32. The first-order valence-corrected chi connectivity index (χ1v) is 13.7. The third kappa shape index (κ3) is 3.97. The highest BCUT2D eigenvalue weighted by Crippen LogP contribution is 2.69. The molecule has 2 bridgehead atoms. The summed E-state index contributed by atoms with van der Waals surface area (Å²) in [7, 11) is 0. The van der Waals surface area contributed by atoms with Crippen molar-refractivity contribution in [3.63, 3.8) is 0 Å². The molecule has 196 valence electrons. The van der Waals surface area contributed by atoms with Crippen LogP contribution in [0.2, 0.25) is 0 Å². The van der Waals surface area contributed by atoms with Crippen molar-refractivity contribution in [1.29, 1.82) is 0 Å². The Morgan fingerprint density at radius 2 is 2.00 bits per heavy atom. The molecular weight excluding hydrogens is 476 g/mol. The number of ether oxygens (including phenoxy) is 1. The molecule has 3 unspecified atom stereocenters. The first kappa shape index (κ1) is 26.7. The molecule has 3 saturated heterocycles. The number of esters is 1. The number of thioether (sulfide) groups is 1. The van der Waals surface area contributed by atoms with E-state index in [0.717, 1.165) is 12.0 Å². The molecule has 0 saturated carbocycles. The number of likely N-dealkylation sites (tertiary alicyclic amines) is 1. The van der Waals surface area contributed by atoms with Crippen molar-refractivity contribution in [2.24, 2.45) is 17.8 Å². The molecule has 1 aromatic rings. The quantitative estimate of drug-likeness (QED) is 0.423. The maximum Gasteiger partial charge on any atom is 0.310 e. The fourth-order valence-electron chi connectivity index (χ4n) is 6.58. The standard InChI is InChI=1S/C28H38N2O5S/c1-7-14-29(27(4,5)6)25(33)23-28-17(3)15-20(36-28)21(26(34)35-8-2)22(28)24(32)30(23)19(16-31)18-12-10-9-11-13-18/h7,9-13,17,19-23,31H,1,8,14-16H2,2-6H3/t17?,19-,20-,21+,22+,23?,28?/m1/s1. The zero-order chi connectivity index (χ0) is 26.4. The molecule has 3 aliphatic heterocycles. The highest BCUT2D eigenvalue weighted by atomic mass is 32.2. The molecule has 8 heteroatoms. The van der Waals surface area contributed by atoms with Crippen LogP contribution in [0.1, 0.15) is 52.6 Å². The first-order valence-electron chi connectivity index (χ1n) is 12.8. The Morgan fingerprint density at radius 3 is 2.56 bits per heavy atom. The van der Waals surface area contributed by atoms with Gasteiger partial charge in [0, 0.05) is 17.3 Å². The summed E-state index contributed by atoms with van der Waals surface area (Å²) in [5.41, 5.74) is 0.245. The number of aliphatic hydroxyl groups excluding tert-OH is 1. The second kappa shape index (κ2) is 9.86. The van der Waals surface area contributed by atoms with Gasteiger partial charge < -0.3 is 19.6 Å². The van der Waals surface area contributed by atoms with Crippen LogP contribution in [0.15, 0.2) is 43.0 Å². The summed E-state index contributed by atoms with van der Waals surface area (Å²) in [6, 6.07) is 7.80. The van der Waals surface area contributed by atoms with Gasteiger partial charge in [-0.05, 0) is 45.6 Å². The average molecular weight is 515 g/mol. The summed E-state index contributed by atoms with van der Waals surface area (Å²) in [4.78, 5) is 45.4. The molecule has 1 spiro atoms. The van der Waals surface area contributed by atoms with Crippen LogP contribution in [0, 0.1) is 17.8 Å². The van der Waals surface area contributed by atoms with Crippen LogP contribution < -0.4 is 0 Å². The van der Waals surface area contributed by atoms with E-state index in [0.29, 0.717) is 6.54 Å². The van der Waals surface area contributed by atoms with Crippen LogP contribution in [0.4, 0.5) is 0 Å². The molecule has 1 aromatic carbocycles. The number of aliphatic hydroxyl groups is 1. The van der Waals surface area contributed by atoms with Gasteiger partial charge in [-0.15, -0.1) is 18.3 Å². The molecule has 7 nitrogen and oxygen atoms in total. The van der Waals surface area contributed by atoms with Gasteiger partial charge in [0.1, 0.15) is 6.04 Å². The number of carbonyl (C=O) groups is 3. The first-order chi connectivity index (χ1) is 17.0. The van der Waals surface area contributed by atoms with Gasteiger partial charge in [-0.3, -0.25) is 14.4 Å². The normalized spacial score (nSPS) is 31.8. The van der Waals surface area contributed by atoms with E-state index in [9.17, 15) is 19.5 Å². The van der Waals surface area contributed by atoms with Crippen LogP contribution in [0.5, 0.6) is 0 Å². The smallest absolute Gasteiger partial charge is 0.310 e. The molecule has 0 aromatic heterocycles. The molecular formula is C28H38N2O5S. The number of amides is 2. The van der Waals surface area contributed by atoms with Gasteiger partial charge in [-0.2, -0.15) is 0 Å².